The lowest BCUT2D eigenvalue weighted by molar-refractivity contribution is -0.129. The summed E-state index contributed by atoms with van der Waals surface area (Å²) in [5.41, 5.74) is 0. The summed E-state index contributed by atoms with van der Waals surface area (Å²) < 4.78 is 0. The maximum atomic E-state index is 11.4. The molecule has 70 valence electrons. The second-order valence-corrected chi connectivity index (χ2v) is 3.47. The topological polar surface area (TPSA) is 20.3 Å². The largest absolute Gasteiger partial charge is 0.343 e. The highest BCUT2D eigenvalue weighted by molar-refractivity contribution is 8.02. The van der Waals surface area contributed by atoms with Crippen LogP contribution >= 0.6 is 11.8 Å². The molecule has 0 N–H and O–H groups in total. The monoisotopic (exact) mass is 187 g/mol. The van der Waals surface area contributed by atoms with Crippen LogP contribution in [0.5, 0.6) is 0 Å². The van der Waals surface area contributed by atoms with E-state index < -0.39 is 0 Å². The van der Waals surface area contributed by atoms with Gasteiger partial charge < -0.3 is 4.90 Å². The summed E-state index contributed by atoms with van der Waals surface area (Å²) in [6.07, 6.45) is 2.42. The first-order valence-electron chi connectivity index (χ1n) is 4.15. The van der Waals surface area contributed by atoms with E-state index in [1.807, 2.05) is 25.0 Å². The highest BCUT2D eigenvalue weighted by Crippen LogP contribution is 2.13. The summed E-state index contributed by atoms with van der Waals surface area (Å²) in [5.74, 6) is 0.180. The van der Waals surface area contributed by atoms with E-state index in [9.17, 15) is 4.79 Å². The zero-order chi connectivity index (χ0) is 9.56. The van der Waals surface area contributed by atoms with Gasteiger partial charge in [0.2, 0.25) is 5.91 Å². The van der Waals surface area contributed by atoms with E-state index in [-0.39, 0.29) is 5.91 Å². The van der Waals surface area contributed by atoms with Crippen molar-refractivity contribution in [1.82, 2.24) is 4.90 Å². The second kappa shape index (κ2) is 6.12. The Bertz CT molecular complexity index is 164. The number of thioether (sulfide) groups is 1. The molecule has 0 aromatic rings. The van der Waals surface area contributed by atoms with Gasteiger partial charge in [-0.25, -0.2) is 0 Å². The van der Waals surface area contributed by atoms with Gasteiger partial charge in [0.1, 0.15) is 0 Å². The van der Waals surface area contributed by atoms with Crippen molar-refractivity contribution >= 4 is 17.7 Å². The van der Waals surface area contributed by atoms with E-state index in [1.54, 1.807) is 11.8 Å². The molecule has 0 aliphatic heterocycles. The third-order valence-electron chi connectivity index (χ3n) is 1.75. The van der Waals surface area contributed by atoms with Crippen molar-refractivity contribution in [2.45, 2.75) is 20.3 Å². The third-order valence-corrected chi connectivity index (χ3v) is 2.47. The van der Waals surface area contributed by atoms with Crippen molar-refractivity contribution in [2.24, 2.45) is 0 Å². The third kappa shape index (κ3) is 3.81. The first-order chi connectivity index (χ1) is 5.65. The van der Waals surface area contributed by atoms with Gasteiger partial charge >= 0.3 is 0 Å². The Labute approximate surface area is 79.0 Å². The second-order valence-electron chi connectivity index (χ2n) is 2.49. The van der Waals surface area contributed by atoms with Gasteiger partial charge in [0, 0.05) is 13.1 Å². The van der Waals surface area contributed by atoms with Crippen LogP contribution in [0.1, 0.15) is 20.3 Å². The SMILES string of the molecule is C=C(CC(=O)N(CC)CC)SC. The lowest BCUT2D eigenvalue weighted by Gasteiger charge is -2.18. The van der Waals surface area contributed by atoms with E-state index in [0.717, 1.165) is 18.0 Å². The highest BCUT2D eigenvalue weighted by atomic mass is 32.2. The maximum Gasteiger partial charge on any atom is 0.227 e. The van der Waals surface area contributed by atoms with Crippen LogP contribution in [0.25, 0.3) is 0 Å². The molecule has 3 heteroatoms. The minimum atomic E-state index is 0.180. The molecule has 0 saturated carbocycles. The van der Waals surface area contributed by atoms with E-state index in [0.29, 0.717) is 6.42 Å². The fourth-order valence-electron chi connectivity index (χ4n) is 0.929. The zero-order valence-electron chi connectivity index (χ0n) is 8.09. The Morgan fingerprint density at radius 3 is 2.25 bits per heavy atom. The van der Waals surface area contributed by atoms with Crippen molar-refractivity contribution in [3.8, 4) is 0 Å². The van der Waals surface area contributed by atoms with Gasteiger partial charge in [-0.1, -0.05) is 6.58 Å². The summed E-state index contributed by atoms with van der Waals surface area (Å²) in [4.78, 5) is 14.2. The normalized spacial score (nSPS) is 9.58. The van der Waals surface area contributed by atoms with E-state index >= 15 is 0 Å². The van der Waals surface area contributed by atoms with Crippen LogP contribution in [0, 0.1) is 0 Å². The molecule has 0 fully saturated rings. The van der Waals surface area contributed by atoms with Crippen LogP contribution in [0.2, 0.25) is 0 Å². The molecule has 1 amide bonds. The lowest BCUT2D eigenvalue weighted by Crippen LogP contribution is -2.30. The smallest absolute Gasteiger partial charge is 0.227 e. The number of carbonyl (C=O) groups excluding carboxylic acids is 1. The fourth-order valence-corrected chi connectivity index (χ4v) is 1.20. The Balaban J connectivity index is 3.92. The Kier molecular flexibility index (Phi) is 5.89. The van der Waals surface area contributed by atoms with Gasteiger partial charge in [0.25, 0.3) is 0 Å². The van der Waals surface area contributed by atoms with Gasteiger partial charge in [-0.15, -0.1) is 11.8 Å². The van der Waals surface area contributed by atoms with E-state index in [4.69, 9.17) is 0 Å². The molecule has 0 aliphatic rings. The summed E-state index contributed by atoms with van der Waals surface area (Å²) in [5, 5.41) is 0. The zero-order valence-corrected chi connectivity index (χ0v) is 8.91. The van der Waals surface area contributed by atoms with Crippen LogP contribution < -0.4 is 0 Å². The molecule has 12 heavy (non-hydrogen) atoms. The van der Waals surface area contributed by atoms with Crippen LogP contribution in [0.15, 0.2) is 11.5 Å². The summed E-state index contributed by atoms with van der Waals surface area (Å²) >= 11 is 1.55. The van der Waals surface area contributed by atoms with Crippen molar-refractivity contribution < 1.29 is 4.79 Å². The number of nitrogens with zero attached hydrogens (tertiary/aromatic N) is 1. The molecule has 0 radical (unpaired) electrons. The quantitative estimate of drug-likeness (QED) is 0.657. The van der Waals surface area contributed by atoms with Crippen LogP contribution in [0.4, 0.5) is 0 Å². The van der Waals surface area contributed by atoms with Gasteiger partial charge in [0.05, 0.1) is 6.42 Å². The number of carbonyl (C=O) groups is 1. The van der Waals surface area contributed by atoms with Crippen LogP contribution in [-0.2, 0) is 4.79 Å². The first kappa shape index (κ1) is 11.6. The molecular weight excluding hydrogens is 170 g/mol. The standard InChI is InChI=1S/C9H17NOS/c1-5-10(6-2)9(11)7-8(3)12-4/h3,5-7H2,1-2,4H3. The molecule has 0 saturated heterocycles. The lowest BCUT2D eigenvalue weighted by atomic mass is 10.3. The van der Waals surface area contributed by atoms with Gasteiger partial charge in [-0.05, 0) is 25.0 Å². The molecule has 0 spiro atoms. The number of amides is 1. The molecule has 0 aromatic heterocycles. The first-order valence-corrected chi connectivity index (χ1v) is 5.37. The molecule has 0 aromatic carbocycles. The predicted molar refractivity (Wildman–Crippen MR) is 55.2 cm³/mol. The Morgan fingerprint density at radius 1 is 1.42 bits per heavy atom. The molecule has 0 rings (SSSR count). The highest BCUT2D eigenvalue weighted by Gasteiger charge is 2.09. The molecule has 0 aliphatic carbocycles. The molecule has 0 unspecified atom stereocenters. The molecular formula is C9H17NOS. The van der Waals surface area contributed by atoms with Gasteiger partial charge in [-0.2, -0.15) is 0 Å². The van der Waals surface area contributed by atoms with Crippen molar-refractivity contribution in [2.75, 3.05) is 19.3 Å². The fraction of sp³-hybridized carbons (Fsp3) is 0.667. The van der Waals surface area contributed by atoms with Gasteiger partial charge in [0.15, 0.2) is 0 Å². The predicted octanol–water partition coefficient (Wildman–Crippen LogP) is 2.12. The number of hydrogen-bond acceptors (Lipinski definition) is 2. The van der Waals surface area contributed by atoms with E-state index in [2.05, 4.69) is 6.58 Å². The Morgan fingerprint density at radius 2 is 1.92 bits per heavy atom. The van der Waals surface area contributed by atoms with Crippen LogP contribution in [0.3, 0.4) is 0 Å². The van der Waals surface area contributed by atoms with Crippen molar-refractivity contribution in [3.05, 3.63) is 11.5 Å². The Hall–Kier alpha value is -0.440. The molecule has 2 nitrogen and oxygen atoms in total. The number of rotatable bonds is 5. The average Bonchev–Trinajstić information content (AvgIpc) is 2.06. The van der Waals surface area contributed by atoms with Crippen molar-refractivity contribution in [3.63, 3.8) is 0 Å². The summed E-state index contributed by atoms with van der Waals surface area (Å²) in [6.45, 7) is 9.34. The van der Waals surface area contributed by atoms with E-state index in [1.165, 1.54) is 0 Å². The average molecular weight is 187 g/mol. The summed E-state index contributed by atoms with van der Waals surface area (Å²) in [6, 6.07) is 0. The minimum absolute atomic E-state index is 0.180. The molecule has 0 bridgehead atoms. The molecule has 0 heterocycles. The van der Waals surface area contributed by atoms with Gasteiger partial charge in [-0.3, -0.25) is 4.79 Å². The molecule has 0 atom stereocenters. The van der Waals surface area contributed by atoms with Crippen molar-refractivity contribution in [1.29, 1.82) is 0 Å². The maximum absolute atomic E-state index is 11.4. The van der Waals surface area contributed by atoms with Crippen LogP contribution in [-0.4, -0.2) is 30.2 Å². The minimum Gasteiger partial charge on any atom is -0.343 e. The summed E-state index contributed by atoms with van der Waals surface area (Å²) in [7, 11) is 0. The number of hydrogen-bond donors (Lipinski definition) is 0.